The summed E-state index contributed by atoms with van der Waals surface area (Å²) in [4.78, 5) is 24.1. The second-order valence-corrected chi connectivity index (χ2v) is 7.65. The van der Waals surface area contributed by atoms with Crippen LogP contribution < -0.4 is 16.7 Å². The Morgan fingerprint density at radius 3 is 2.71 bits per heavy atom. The first-order valence-corrected chi connectivity index (χ1v) is 9.74. The van der Waals surface area contributed by atoms with Crippen LogP contribution in [-0.2, 0) is 4.74 Å². The number of hydrogen-bond acceptors (Lipinski definition) is 6. The summed E-state index contributed by atoms with van der Waals surface area (Å²) in [5.41, 5.74) is 7.68. The first-order chi connectivity index (χ1) is 13.5. The zero-order valence-electron chi connectivity index (χ0n) is 15.2. The van der Waals surface area contributed by atoms with Gasteiger partial charge in [0.05, 0.1) is 17.5 Å². The van der Waals surface area contributed by atoms with Gasteiger partial charge >= 0.3 is 5.69 Å². The monoisotopic (exact) mass is 422 g/mol. The van der Waals surface area contributed by atoms with Gasteiger partial charge in [0, 0.05) is 18.2 Å². The number of nitrogens with two attached hydrogens (primary N) is 1. The van der Waals surface area contributed by atoms with Crippen LogP contribution in [0, 0.1) is 0 Å². The lowest BCUT2D eigenvalue weighted by atomic mass is 9.93. The molecule has 3 aromatic rings. The summed E-state index contributed by atoms with van der Waals surface area (Å²) in [5.74, 6) is 0.241. The van der Waals surface area contributed by atoms with Crippen molar-refractivity contribution in [2.75, 3.05) is 18.2 Å². The van der Waals surface area contributed by atoms with E-state index in [4.69, 9.17) is 33.7 Å². The number of aromatic amines is 1. The molecule has 0 spiro atoms. The number of rotatable bonds is 4. The van der Waals surface area contributed by atoms with Crippen LogP contribution >= 0.6 is 23.2 Å². The zero-order chi connectivity index (χ0) is 19.8. The molecule has 1 saturated carbocycles. The molecule has 8 nitrogen and oxygen atoms in total. The van der Waals surface area contributed by atoms with E-state index in [1.165, 1.54) is 0 Å². The molecule has 148 valence electrons. The maximum Gasteiger partial charge on any atom is 0.328 e. The number of nitrogens with one attached hydrogen (secondary N) is 2. The van der Waals surface area contributed by atoms with Gasteiger partial charge in [-0.2, -0.15) is 9.97 Å². The molecule has 0 aliphatic heterocycles. The van der Waals surface area contributed by atoms with Crippen LogP contribution in [0.1, 0.15) is 31.7 Å². The minimum Gasteiger partial charge on any atom is -0.397 e. The van der Waals surface area contributed by atoms with Gasteiger partial charge in [0.25, 0.3) is 0 Å². The number of hydrogen-bond donors (Lipinski definition) is 3. The predicted molar refractivity (Wildman–Crippen MR) is 111 cm³/mol. The van der Waals surface area contributed by atoms with E-state index in [0.29, 0.717) is 27.6 Å². The zero-order valence-corrected chi connectivity index (χ0v) is 16.7. The Morgan fingerprint density at radius 2 is 2.00 bits per heavy atom. The lowest BCUT2D eigenvalue weighted by Crippen LogP contribution is -2.28. The summed E-state index contributed by atoms with van der Waals surface area (Å²) >= 11 is 12.4. The molecule has 1 aromatic carbocycles. The number of methoxy groups -OCH3 is 1. The van der Waals surface area contributed by atoms with Gasteiger partial charge in [0.2, 0.25) is 5.95 Å². The number of benzene rings is 1. The number of ether oxygens (including phenoxy) is 1. The molecule has 2 aromatic heterocycles. The van der Waals surface area contributed by atoms with Crippen LogP contribution in [0.15, 0.2) is 23.0 Å². The molecule has 10 heteroatoms. The van der Waals surface area contributed by atoms with Crippen LogP contribution in [0.2, 0.25) is 10.2 Å². The van der Waals surface area contributed by atoms with E-state index in [9.17, 15) is 4.79 Å². The third kappa shape index (κ3) is 3.55. The van der Waals surface area contributed by atoms with Crippen LogP contribution in [-0.4, -0.2) is 32.7 Å². The summed E-state index contributed by atoms with van der Waals surface area (Å²) in [7, 11) is 1.72. The van der Waals surface area contributed by atoms with Crippen molar-refractivity contribution in [3.05, 3.63) is 38.9 Å². The molecule has 1 aliphatic rings. The largest absolute Gasteiger partial charge is 0.397 e. The highest BCUT2D eigenvalue weighted by Gasteiger charge is 2.26. The topological polar surface area (TPSA) is 111 Å². The normalized spacial score (nSPS) is 19.8. The standard InChI is InChI=1S/C18H20Cl2N6O2/c1-28-11-5-3-10(4-6-11)26-16-14(23-18(26)27)15(20)24-17(25-16)22-13-8-9(19)2-7-12(13)21/h2,7-8,10-11H,3-6,21H2,1H3,(H,23,27)(H,22,24,25)/t10-,11-. The maximum atomic E-state index is 12.6. The molecule has 4 N–H and O–H groups in total. The average molecular weight is 423 g/mol. The highest BCUT2D eigenvalue weighted by Crippen LogP contribution is 2.32. The fourth-order valence-corrected chi connectivity index (χ4v) is 4.04. The maximum absolute atomic E-state index is 12.6. The summed E-state index contributed by atoms with van der Waals surface area (Å²) in [6.45, 7) is 0. The summed E-state index contributed by atoms with van der Waals surface area (Å²) in [5, 5.41) is 3.72. The molecule has 1 fully saturated rings. The highest BCUT2D eigenvalue weighted by molar-refractivity contribution is 6.33. The van der Waals surface area contributed by atoms with E-state index in [-0.39, 0.29) is 28.9 Å². The van der Waals surface area contributed by atoms with Crippen molar-refractivity contribution in [2.45, 2.75) is 37.8 Å². The molecule has 0 amide bonds. The number of nitrogen functional groups attached to an aromatic ring is 1. The molecule has 0 bridgehead atoms. The summed E-state index contributed by atoms with van der Waals surface area (Å²) < 4.78 is 7.09. The van der Waals surface area contributed by atoms with Crippen molar-refractivity contribution in [3.8, 4) is 0 Å². The molecule has 2 heterocycles. The fourth-order valence-electron chi connectivity index (χ4n) is 3.66. The van der Waals surface area contributed by atoms with Gasteiger partial charge in [0.1, 0.15) is 5.52 Å². The predicted octanol–water partition coefficient (Wildman–Crippen LogP) is 3.88. The van der Waals surface area contributed by atoms with E-state index < -0.39 is 0 Å². The van der Waals surface area contributed by atoms with Gasteiger partial charge in [-0.25, -0.2) is 4.79 Å². The van der Waals surface area contributed by atoms with Crippen LogP contribution in [0.4, 0.5) is 17.3 Å². The third-order valence-electron chi connectivity index (χ3n) is 5.13. The minimum atomic E-state index is -0.244. The lowest BCUT2D eigenvalue weighted by Gasteiger charge is -2.28. The van der Waals surface area contributed by atoms with Crippen molar-refractivity contribution < 1.29 is 4.74 Å². The quantitative estimate of drug-likeness (QED) is 0.434. The van der Waals surface area contributed by atoms with Crippen LogP contribution in [0.3, 0.4) is 0 Å². The van der Waals surface area contributed by atoms with Crippen molar-refractivity contribution in [3.63, 3.8) is 0 Å². The molecule has 0 atom stereocenters. The van der Waals surface area contributed by atoms with Crippen LogP contribution in [0.25, 0.3) is 11.2 Å². The average Bonchev–Trinajstić information content (AvgIpc) is 3.01. The van der Waals surface area contributed by atoms with Crippen molar-refractivity contribution in [1.29, 1.82) is 0 Å². The van der Waals surface area contributed by atoms with E-state index in [0.717, 1.165) is 25.7 Å². The molecular weight excluding hydrogens is 403 g/mol. The number of H-pyrrole nitrogens is 1. The molecule has 1 aliphatic carbocycles. The first-order valence-electron chi connectivity index (χ1n) is 8.99. The third-order valence-corrected chi connectivity index (χ3v) is 5.64. The Labute approximate surface area is 171 Å². The number of halogens is 2. The minimum absolute atomic E-state index is 0.0303. The van der Waals surface area contributed by atoms with Gasteiger partial charge in [-0.15, -0.1) is 0 Å². The summed E-state index contributed by atoms with van der Waals surface area (Å²) in [6.07, 6.45) is 3.68. The Kier molecular flexibility index (Phi) is 5.18. The van der Waals surface area contributed by atoms with E-state index in [1.807, 2.05) is 0 Å². The van der Waals surface area contributed by atoms with Crippen molar-refractivity contribution >= 4 is 51.7 Å². The summed E-state index contributed by atoms with van der Waals surface area (Å²) in [6, 6.07) is 5.08. The van der Waals surface area contributed by atoms with Gasteiger partial charge in [-0.3, -0.25) is 4.57 Å². The number of nitrogens with zero attached hydrogens (tertiary/aromatic N) is 3. The van der Waals surface area contributed by atoms with E-state index >= 15 is 0 Å². The highest BCUT2D eigenvalue weighted by atomic mass is 35.5. The molecule has 4 rings (SSSR count). The Bertz CT molecular complexity index is 1070. The molecule has 28 heavy (non-hydrogen) atoms. The number of imidazole rings is 1. The molecule has 0 radical (unpaired) electrons. The second-order valence-electron chi connectivity index (χ2n) is 6.86. The number of aromatic nitrogens is 4. The van der Waals surface area contributed by atoms with E-state index in [2.05, 4.69) is 20.3 Å². The molecular formula is C18H20Cl2N6O2. The first kappa shape index (κ1) is 19.0. The van der Waals surface area contributed by atoms with E-state index in [1.54, 1.807) is 29.9 Å². The second kappa shape index (κ2) is 7.62. The smallest absolute Gasteiger partial charge is 0.328 e. The Balaban J connectivity index is 1.73. The van der Waals surface area contributed by atoms with Gasteiger partial charge in [0.15, 0.2) is 10.8 Å². The number of fused-ring (bicyclic) bond motifs is 1. The van der Waals surface area contributed by atoms with Gasteiger partial charge in [-0.05, 0) is 43.9 Å². The van der Waals surface area contributed by atoms with Gasteiger partial charge in [-0.1, -0.05) is 23.2 Å². The SMILES string of the molecule is CO[C@H]1CC[C@H](n2c(=O)[nH]c3c(Cl)nc(Nc4cc(Cl)ccc4N)nc32)CC1. The van der Waals surface area contributed by atoms with Crippen molar-refractivity contribution in [1.82, 2.24) is 19.5 Å². The lowest BCUT2D eigenvalue weighted by molar-refractivity contribution is 0.0585. The molecule has 0 unspecified atom stereocenters. The van der Waals surface area contributed by atoms with Gasteiger partial charge < -0.3 is 20.8 Å². The van der Waals surface area contributed by atoms with Crippen LogP contribution in [0.5, 0.6) is 0 Å². The Morgan fingerprint density at radius 1 is 1.25 bits per heavy atom. The van der Waals surface area contributed by atoms with Crippen molar-refractivity contribution in [2.24, 2.45) is 0 Å². The fraction of sp³-hybridized carbons (Fsp3) is 0.389. The molecule has 0 saturated heterocycles. The Hall–Kier alpha value is -2.29. The number of anilines is 3.